The van der Waals surface area contributed by atoms with Crippen LogP contribution in [-0.2, 0) is 7.05 Å². The number of carbonyl (C=O) groups is 1. The fourth-order valence-corrected chi connectivity index (χ4v) is 1.69. The molecule has 1 amide bonds. The van der Waals surface area contributed by atoms with Crippen LogP contribution in [0.5, 0.6) is 0 Å². The molecule has 0 radical (unpaired) electrons. The van der Waals surface area contributed by atoms with Crippen molar-refractivity contribution in [1.82, 2.24) is 20.1 Å². The monoisotopic (exact) mass is 234 g/mol. The average Bonchev–Trinajstić information content (AvgIpc) is 2.67. The average molecular weight is 234 g/mol. The molecule has 0 aromatic carbocycles. The SMILES string of the molecule is Cc1cc(C(=O)NCCO)c2cnn(C)c2n1. The second-order valence-electron chi connectivity index (χ2n) is 3.80. The minimum Gasteiger partial charge on any atom is -0.395 e. The summed E-state index contributed by atoms with van der Waals surface area (Å²) in [6, 6.07) is 1.72. The van der Waals surface area contributed by atoms with E-state index >= 15 is 0 Å². The lowest BCUT2D eigenvalue weighted by Crippen LogP contribution is -2.26. The molecule has 0 aliphatic carbocycles. The highest BCUT2D eigenvalue weighted by Crippen LogP contribution is 2.17. The number of hydrogen-bond acceptors (Lipinski definition) is 4. The Morgan fingerprint density at radius 2 is 2.35 bits per heavy atom. The molecule has 2 N–H and O–H groups in total. The first-order valence-corrected chi connectivity index (χ1v) is 5.32. The molecule has 2 aromatic heterocycles. The van der Waals surface area contributed by atoms with Gasteiger partial charge < -0.3 is 10.4 Å². The molecule has 0 bridgehead atoms. The van der Waals surface area contributed by atoms with E-state index < -0.39 is 0 Å². The van der Waals surface area contributed by atoms with Gasteiger partial charge in [0.1, 0.15) is 0 Å². The van der Waals surface area contributed by atoms with E-state index in [0.29, 0.717) is 16.6 Å². The molecule has 0 saturated heterocycles. The van der Waals surface area contributed by atoms with Gasteiger partial charge in [0.2, 0.25) is 0 Å². The van der Waals surface area contributed by atoms with Crippen molar-refractivity contribution >= 4 is 16.9 Å². The van der Waals surface area contributed by atoms with Crippen LogP contribution in [0.3, 0.4) is 0 Å². The maximum absolute atomic E-state index is 11.9. The molecule has 0 saturated carbocycles. The highest BCUT2D eigenvalue weighted by atomic mass is 16.3. The van der Waals surface area contributed by atoms with E-state index in [4.69, 9.17) is 5.11 Å². The first-order chi connectivity index (χ1) is 8.13. The molecule has 0 spiro atoms. The lowest BCUT2D eigenvalue weighted by molar-refractivity contribution is 0.0946. The van der Waals surface area contributed by atoms with Crippen LogP contribution in [0.4, 0.5) is 0 Å². The zero-order valence-corrected chi connectivity index (χ0v) is 9.77. The number of amides is 1. The second kappa shape index (κ2) is 4.50. The smallest absolute Gasteiger partial charge is 0.252 e. The molecule has 2 rings (SSSR count). The Bertz CT molecular complexity index is 562. The Kier molecular flexibility index (Phi) is 3.06. The molecule has 6 nitrogen and oxygen atoms in total. The molecule has 6 heteroatoms. The lowest BCUT2D eigenvalue weighted by Gasteiger charge is -2.05. The Morgan fingerprint density at radius 1 is 1.59 bits per heavy atom. The highest BCUT2D eigenvalue weighted by molar-refractivity contribution is 6.05. The Labute approximate surface area is 98.3 Å². The lowest BCUT2D eigenvalue weighted by atomic mass is 10.1. The summed E-state index contributed by atoms with van der Waals surface area (Å²) in [4.78, 5) is 16.2. The van der Waals surface area contributed by atoms with Crippen molar-refractivity contribution in [3.05, 3.63) is 23.5 Å². The van der Waals surface area contributed by atoms with Gasteiger partial charge in [0.05, 0.1) is 23.8 Å². The van der Waals surface area contributed by atoms with Gasteiger partial charge >= 0.3 is 0 Å². The summed E-state index contributed by atoms with van der Waals surface area (Å²) in [5.41, 5.74) is 1.98. The van der Waals surface area contributed by atoms with E-state index in [-0.39, 0.29) is 19.1 Å². The van der Waals surface area contributed by atoms with Crippen molar-refractivity contribution in [2.75, 3.05) is 13.2 Å². The fourth-order valence-electron chi connectivity index (χ4n) is 1.69. The summed E-state index contributed by atoms with van der Waals surface area (Å²) in [5, 5.41) is 16.1. The van der Waals surface area contributed by atoms with Gasteiger partial charge in [-0.15, -0.1) is 0 Å². The fraction of sp³-hybridized carbons (Fsp3) is 0.364. The number of aryl methyl sites for hydroxylation is 2. The van der Waals surface area contributed by atoms with Crippen LogP contribution in [0, 0.1) is 6.92 Å². The zero-order chi connectivity index (χ0) is 12.4. The van der Waals surface area contributed by atoms with Gasteiger partial charge in [0, 0.05) is 19.3 Å². The first kappa shape index (κ1) is 11.5. The third-order valence-corrected chi connectivity index (χ3v) is 2.48. The second-order valence-corrected chi connectivity index (χ2v) is 3.80. The molecular weight excluding hydrogens is 220 g/mol. The van der Waals surface area contributed by atoms with E-state index in [2.05, 4.69) is 15.4 Å². The number of hydrogen-bond donors (Lipinski definition) is 2. The normalized spacial score (nSPS) is 10.8. The standard InChI is InChI=1S/C11H14N4O2/c1-7-5-8(11(17)12-3-4-16)9-6-13-15(2)10(9)14-7/h5-6,16H,3-4H2,1-2H3,(H,12,17). The van der Waals surface area contributed by atoms with Crippen molar-refractivity contribution < 1.29 is 9.90 Å². The number of nitrogens with zero attached hydrogens (tertiary/aromatic N) is 3. The van der Waals surface area contributed by atoms with E-state index in [0.717, 1.165) is 5.69 Å². The summed E-state index contributed by atoms with van der Waals surface area (Å²) in [6.07, 6.45) is 1.62. The molecule has 17 heavy (non-hydrogen) atoms. The Hall–Kier alpha value is -1.95. The van der Waals surface area contributed by atoms with Gasteiger partial charge in [-0.3, -0.25) is 9.48 Å². The summed E-state index contributed by atoms with van der Waals surface area (Å²) >= 11 is 0. The van der Waals surface area contributed by atoms with Crippen LogP contribution >= 0.6 is 0 Å². The number of fused-ring (bicyclic) bond motifs is 1. The van der Waals surface area contributed by atoms with Gasteiger partial charge in [0.15, 0.2) is 5.65 Å². The number of aliphatic hydroxyl groups is 1. The number of nitrogens with one attached hydrogen (secondary N) is 1. The van der Waals surface area contributed by atoms with E-state index in [1.54, 1.807) is 24.0 Å². The topological polar surface area (TPSA) is 80.0 Å². The summed E-state index contributed by atoms with van der Waals surface area (Å²) in [6.45, 7) is 1.99. The van der Waals surface area contributed by atoms with E-state index in [1.807, 2.05) is 6.92 Å². The number of carbonyl (C=O) groups excluding carboxylic acids is 1. The van der Waals surface area contributed by atoms with Gasteiger partial charge in [-0.05, 0) is 13.0 Å². The molecule has 2 aromatic rings. The largest absolute Gasteiger partial charge is 0.395 e. The van der Waals surface area contributed by atoms with Crippen LogP contribution in [0.15, 0.2) is 12.3 Å². The molecule has 0 atom stereocenters. The maximum atomic E-state index is 11.9. The predicted octanol–water partition coefficient (Wildman–Crippen LogP) is -0.00118. The molecule has 0 aliphatic heterocycles. The summed E-state index contributed by atoms with van der Waals surface area (Å²) in [5.74, 6) is -0.220. The zero-order valence-electron chi connectivity index (χ0n) is 9.77. The van der Waals surface area contributed by atoms with Crippen molar-refractivity contribution in [1.29, 1.82) is 0 Å². The molecule has 0 fully saturated rings. The highest BCUT2D eigenvalue weighted by Gasteiger charge is 2.13. The van der Waals surface area contributed by atoms with Crippen LogP contribution in [-0.4, -0.2) is 38.9 Å². The van der Waals surface area contributed by atoms with Crippen LogP contribution in [0.25, 0.3) is 11.0 Å². The third-order valence-electron chi connectivity index (χ3n) is 2.48. The van der Waals surface area contributed by atoms with Crippen LogP contribution < -0.4 is 5.32 Å². The van der Waals surface area contributed by atoms with Crippen molar-refractivity contribution in [3.63, 3.8) is 0 Å². The van der Waals surface area contributed by atoms with Crippen molar-refractivity contribution in [3.8, 4) is 0 Å². The van der Waals surface area contributed by atoms with Crippen LogP contribution in [0.1, 0.15) is 16.1 Å². The molecule has 2 heterocycles. The van der Waals surface area contributed by atoms with Gasteiger partial charge in [0.25, 0.3) is 5.91 Å². The number of pyridine rings is 1. The summed E-state index contributed by atoms with van der Waals surface area (Å²) in [7, 11) is 1.78. The quantitative estimate of drug-likeness (QED) is 0.783. The van der Waals surface area contributed by atoms with Crippen molar-refractivity contribution in [2.24, 2.45) is 7.05 Å². The van der Waals surface area contributed by atoms with Crippen molar-refractivity contribution in [2.45, 2.75) is 6.92 Å². The number of rotatable bonds is 3. The van der Waals surface area contributed by atoms with Crippen LogP contribution in [0.2, 0.25) is 0 Å². The van der Waals surface area contributed by atoms with E-state index in [1.165, 1.54) is 0 Å². The maximum Gasteiger partial charge on any atom is 0.252 e. The molecule has 0 aliphatic rings. The first-order valence-electron chi connectivity index (χ1n) is 5.32. The summed E-state index contributed by atoms with van der Waals surface area (Å²) < 4.78 is 1.63. The minimum absolute atomic E-state index is 0.0774. The Balaban J connectivity index is 2.49. The molecule has 90 valence electrons. The molecule has 0 unspecified atom stereocenters. The Morgan fingerprint density at radius 3 is 3.06 bits per heavy atom. The van der Waals surface area contributed by atoms with E-state index in [9.17, 15) is 4.79 Å². The number of aliphatic hydroxyl groups excluding tert-OH is 1. The third kappa shape index (κ3) is 2.12. The predicted molar refractivity (Wildman–Crippen MR) is 62.7 cm³/mol. The molecular formula is C11H14N4O2. The van der Waals surface area contributed by atoms with Gasteiger partial charge in [-0.2, -0.15) is 5.10 Å². The van der Waals surface area contributed by atoms with Gasteiger partial charge in [-0.25, -0.2) is 4.98 Å². The number of aromatic nitrogens is 3. The minimum atomic E-state index is -0.220. The van der Waals surface area contributed by atoms with Gasteiger partial charge in [-0.1, -0.05) is 0 Å².